The number of oxazole rings is 1. The maximum atomic E-state index is 12.8. The van der Waals surface area contributed by atoms with E-state index in [0.717, 1.165) is 27.6 Å². The van der Waals surface area contributed by atoms with Crippen LogP contribution in [0.1, 0.15) is 10.4 Å². The summed E-state index contributed by atoms with van der Waals surface area (Å²) in [5.74, 6) is 1.10. The van der Waals surface area contributed by atoms with Gasteiger partial charge in [-0.25, -0.2) is 4.98 Å². The van der Waals surface area contributed by atoms with Gasteiger partial charge in [0.1, 0.15) is 11.3 Å². The van der Waals surface area contributed by atoms with E-state index in [1.54, 1.807) is 7.11 Å². The Morgan fingerprint density at radius 3 is 2.57 bits per heavy atom. The number of rotatable bonds is 4. The van der Waals surface area contributed by atoms with Crippen LogP contribution in [-0.4, -0.2) is 18.0 Å². The molecule has 146 valence electrons. The lowest BCUT2D eigenvalue weighted by atomic mass is 10.0. The zero-order valence-electron chi connectivity index (χ0n) is 16.3. The number of hydrogen-bond donors (Lipinski definition) is 1. The fourth-order valence-corrected chi connectivity index (χ4v) is 3.48. The van der Waals surface area contributed by atoms with E-state index < -0.39 is 0 Å². The fourth-order valence-electron chi connectivity index (χ4n) is 3.48. The third-order valence-corrected chi connectivity index (χ3v) is 5.02. The Morgan fingerprint density at radius 2 is 1.73 bits per heavy atom. The first-order chi connectivity index (χ1) is 14.7. The van der Waals surface area contributed by atoms with E-state index in [0.29, 0.717) is 22.7 Å². The molecule has 0 saturated heterocycles. The summed E-state index contributed by atoms with van der Waals surface area (Å²) in [6, 6.07) is 26.5. The van der Waals surface area contributed by atoms with E-state index in [1.807, 2.05) is 84.9 Å². The maximum Gasteiger partial charge on any atom is 0.256 e. The van der Waals surface area contributed by atoms with E-state index in [-0.39, 0.29) is 5.91 Å². The molecule has 5 aromatic rings. The molecule has 5 rings (SSSR count). The molecule has 1 N–H and O–H groups in total. The van der Waals surface area contributed by atoms with Gasteiger partial charge in [0.05, 0.1) is 7.11 Å². The number of carbonyl (C=O) groups excluding carboxylic acids is 1. The number of carbonyl (C=O) groups is 1. The zero-order valence-corrected chi connectivity index (χ0v) is 16.3. The number of amides is 1. The first kappa shape index (κ1) is 17.9. The Labute approximate surface area is 172 Å². The van der Waals surface area contributed by atoms with Crippen LogP contribution in [0.3, 0.4) is 0 Å². The quantitative estimate of drug-likeness (QED) is 0.412. The largest absolute Gasteiger partial charge is 0.497 e. The number of nitrogens with zero attached hydrogens (tertiary/aromatic N) is 1. The van der Waals surface area contributed by atoms with Crippen molar-refractivity contribution < 1.29 is 13.9 Å². The summed E-state index contributed by atoms with van der Waals surface area (Å²) < 4.78 is 11.1. The number of aromatic nitrogens is 1. The third kappa shape index (κ3) is 3.26. The molecule has 5 nitrogen and oxygen atoms in total. The maximum absolute atomic E-state index is 12.8. The Balaban J connectivity index is 1.39. The first-order valence-corrected chi connectivity index (χ1v) is 9.55. The molecule has 0 radical (unpaired) electrons. The van der Waals surface area contributed by atoms with Gasteiger partial charge < -0.3 is 14.5 Å². The average molecular weight is 394 g/mol. The molecule has 1 amide bonds. The second-order valence-corrected chi connectivity index (χ2v) is 6.91. The monoisotopic (exact) mass is 394 g/mol. The van der Waals surface area contributed by atoms with E-state index >= 15 is 0 Å². The molecule has 0 unspecified atom stereocenters. The lowest BCUT2D eigenvalue weighted by Crippen LogP contribution is -2.12. The number of ether oxygens (including phenoxy) is 1. The van der Waals surface area contributed by atoms with E-state index in [4.69, 9.17) is 9.15 Å². The van der Waals surface area contributed by atoms with Crippen molar-refractivity contribution in [2.75, 3.05) is 12.4 Å². The lowest BCUT2D eigenvalue weighted by Gasteiger charge is -2.08. The van der Waals surface area contributed by atoms with E-state index in [2.05, 4.69) is 10.3 Å². The Morgan fingerprint density at radius 1 is 0.933 bits per heavy atom. The summed E-state index contributed by atoms with van der Waals surface area (Å²) in [6.07, 6.45) is 0. The number of anilines is 1. The minimum atomic E-state index is -0.145. The summed E-state index contributed by atoms with van der Waals surface area (Å²) >= 11 is 0. The highest BCUT2D eigenvalue weighted by Crippen LogP contribution is 2.28. The van der Waals surface area contributed by atoms with E-state index in [9.17, 15) is 4.79 Å². The van der Waals surface area contributed by atoms with Gasteiger partial charge in [0.2, 0.25) is 5.89 Å². The van der Waals surface area contributed by atoms with E-state index in [1.165, 1.54) is 0 Å². The molecule has 0 saturated carbocycles. The van der Waals surface area contributed by atoms with Crippen LogP contribution in [0.4, 0.5) is 5.69 Å². The van der Waals surface area contributed by atoms with Crippen LogP contribution in [0.5, 0.6) is 5.75 Å². The van der Waals surface area contributed by atoms with Gasteiger partial charge in [0.15, 0.2) is 5.58 Å². The minimum absolute atomic E-state index is 0.145. The highest BCUT2D eigenvalue weighted by atomic mass is 16.5. The van der Waals surface area contributed by atoms with Gasteiger partial charge in [0.25, 0.3) is 5.91 Å². The molecule has 5 heteroatoms. The van der Waals surface area contributed by atoms with Crippen molar-refractivity contribution in [3.63, 3.8) is 0 Å². The molecule has 0 atom stereocenters. The molecule has 1 aromatic heterocycles. The highest BCUT2D eigenvalue weighted by molar-refractivity contribution is 6.12. The molecule has 0 aliphatic heterocycles. The number of methoxy groups -OCH3 is 1. The second-order valence-electron chi connectivity index (χ2n) is 6.91. The Bertz CT molecular complexity index is 1370. The molecule has 30 heavy (non-hydrogen) atoms. The average Bonchev–Trinajstić information content (AvgIpc) is 3.22. The van der Waals surface area contributed by atoms with Crippen LogP contribution in [-0.2, 0) is 0 Å². The van der Waals surface area contributed by atoms with Crippen LogP contribution in [0.25, 0.3) is 33.3 Å². The first-order valence-electron chi connectivity index (χ1n) is 9.55. The van der Waals surface area contributed by atoms with Crippen molar-refractivity contribution in [2.24, 2.45) is 0 Å². The van der Waals surface area contributed by atoms with Crippen molar-refractivity contribution in [3.8, 4) is 17.2 Å². The van der Waals surface area contributed by atoms with Crippen molar-refractivity contribution in [2.45, 2.75) is 0 Å². The molecule has 0 bridgehead atoms. The SMILES string of the molecule is COc1ccc2oc(-c3ccc(NC(=O)c4cccc5ccccc45)cc3)nc2c1. The van der Waals surface area contributed by atoms with Crippen molar-refractivity contribution in [3.05, 3.63) is 90.5 Å². The standard InChI is InChI=1S/C25H18N2O3/c1-29-19-13-14-23-22(15-19)27-25(30-23)17-9-11-18(12-10-17)26-24(28)21-8-4-6-16-5-2-3-7-20(16)21/h2-15H,1H3,(H,26,28). The molecular formula is C25H18N2O3. The summed E-state index contributed by atoms with van der Waals surface area (Å²) in [7, 11) is 1.62. The number of hydrogen-bond acceptors (Lipinski definition) is 4. The predicted octanol–water partition coefficient (Wildman–Crippen LogP) is 5.91. The lowest BCUT2D eigenvalue weighted by molar-refractivity contribution is 0.102. The molecule has 0 fully saturated rings. The van der Waals surface area contributed by atoms with Crippen molar-refractivity contribution >= 4 is 33.5 Å². The van der Waals surface area contributed by atoms with Gasteiger partial charge >= 0.3 is 0 Å². The van der Waals surface area contributed by atoms with Gasteiger partial charge in [-0.2, -0.15) is 0 Å². The number of fused-ring (bicyclic) bond motifs is 2. The summed E-state index contributed by atoms with van der Waals surface area (Å²) in [5.41, 5.74) is 3.60. The van der Waals surface area contributed by atoms with Crippen molar-refractivity contribution in [1.29, 1.82) is 0 Å². The van der Waals surface area contributed by atoms with Crippen LogP contribution < -0.4 is 10.1 Å². The van der Waals surface area contributed by atoms with Crippen LogP contribution in [0, 0.1) is 0 Å². The second kappa shape index (κ2) is 7.37. The highest BCUT2D eigenvalue weighted by Gasteiger charge is 2.12. The molecule has 1 heterocycles. The zero-order chi connectivity index (χ0) is 20.5. The smallest absolute Gasteiger partial charge is 0.256 e. The van der Waals surface area contributed by atoms with Crippen LogP contribution in [0.2, 0.25) is 0 Å². The third-order valence-electron chi connectivity index (χ3n) is 5.02. The Hall–Kier alpha value is -4.12. The van der Waals surface area contributed by atoms with Crippen molar-refractivity contribution in [1.82, 2.24) is 4.98 Å². The molecular weight excluding hydrogens is 376 g/mol. The number of benzene rings is 4. The molecule has 0 spiro atoms. The molecule has 4 aromatic carbocycles. The minimum Gasteiger partial charge on any atom is -0.497 e. The summed E-state index contributed by atoms with van der Waals surface area (Å²) in [4.78, 5) is 17.3. The van der Waals surface area contributed by atoms with Gasteiger partial charge in [-0.1, -0.05) is 36.4 Å². The normalized spacial score (nSPS) is 11.0. The van der Waals surface area contributed by atoms with Gasteiger partial charge in [-0.15, -0.1) is 0 Å². The van der Waals surface area contributed by atoms with Gasteiger partial charge in [-0.3, -0.25) is 4.79 Å². The topological polar surface area (TPSA) is 64.4 Å². The molecule has 0 aliphatic rings. The summed E-state index contributed by atoms with van der Waals surface area (Å²) in [5, 5.41) is 4.93. The number of nitrogens with one attached hydrogen (secondary N) is 1. The van der Waals surface area contributed by atoms with Gasteiger partial charge in [-0.05, 0) is 53.2 Å². The van der Waals surface area contributed by atoms with Crippen LogP contribution in [0.15, 0.2) is 89.3 Å². The molecule has 0 aliphatic carbocycles. The van der Waals surface area contributed by atoms with Gasteiger partial charge in [0, 0.05) is 22.9 Å². The summed E-state index contributed by atoms with van der Waals surface area (Å²) in [6.45, 7) is 0. The fraction of sp³-hybridized carbons (Fsp3) is 0.0400. The Kier molecular flexibility index (Phi) is 4.41. The predicted molar refractivity (Wildman–Crippen MR) is 118 cm³/mol. The van der Waals surface area contributed by atoms with Crippen LogP contribution >= 0.6 is 0 Å².